The molecule has 0 aromatic carbocycles. The lowest BCUT2D eigenvalue weighted by molar-refractivity contribution is 0.0530. The maximum atomic E-state index is 12.7. The lowest BCUT2D eigenvalue weighted by Crippen LogP contribution is -2.54. The Hall–Kier alpha value is -1.49. The van der Waals surface area contributed by atoms with E-state index in [4.69, 9.17) is 5.73 Å². The standard InChI is InChI=1S/C15H24N4O/c1-10(2)13-11(7-17-9-18-13)14(20)19-6-5-12(16)15(3,4)8-19/h7,9-10,12H,5-6,8,16H2,1-4H3. The molecule has 5 heteroatoms. The maximum Gasteiger partial charge on any atom is 0.257 e. The molecule has 2 N–H and O–H groups in total. The summed E-state index contributed by atoms with van der Waals surface area (Å²) >= 11 is 0. The van der Waals surface area contributed by atoms with Crippen molar-refractivity contribution in [3.05, 3.63) is 23.8 Å². The van der Waals surface area contributed by atoms with Crippen LogP contribution >= 0.6 is 0 Å². The van der Waals surface area contributed by atoms with Gasteiger partial charge in [-0.25, -0.2) is 9.97 Å². The van der Waals surface area contributed by atoms with Gasteiger partial charge < -0.3 is 10.6 Å². The number of piperidine rings is 1. The second kappa shape index (κ2) is 5.48. The van der Waals surface area contributed by atoms with Crippen LogP contribution in [-0.2, 0) is 0 Å². The molecule has 110 valence electrons. The Morgan fingerprint density at radius 2 is 2.20 bits per heavy atom. The van der Waals surface area contributed by atoms with Crippen LogP contribution in [0, 0.1) is 5.41 Å². The zero-order valence-corrected chi connectivity index (χ0v) is 12.8. The normalized spacial score (nSPS) is 22.1. The molecule has 0 bridgehead atoms. The van der Waals surface area contributed by atoms with Crippen molar-refractivity contribution in [2.75, 3.05) is 13.1 Å². The largest absolute Gasteiger partial charge is 0.338 e. The number of nitrogens with zero attached hydrogens (tertiary/aromatic N) is 3. The number of likely N-dealkylation sites (tertiary alicyclic amines) is 1. The Bertz CT molecular complexity index is 498. The SMILES string of the molecule is CC(C)c1ncncc1C(=O)N1CCC(N)C(C)(C)C1. The van der Waals surface area contributed by atoms with E-state index in [0.717, 1.165) is 12.1 Å². The molecule has 1 aliphatic heterocycles. The van der Waals surface area contributed by atoms with Gasteiger partial charge in [0.2, 0.25) is 0 Å². The Balaban J connectivity index is 2.24. The topological polar surface area (TPSA) is 72.1 Å². The first kappa shape index (κ1) is 14.9. The first-order valence-electron chi connectivity index (χ1n) is 7.17. The third-order valence-electron chi connectivity index (χ3n) is 4.12. The third-order valence-corrected chi connectivity index (χ3v) is 4.12. The van der Waals surface area contributed by atoms with Gasteiger partial charge in [-0.15, -0.1) is 0 Å². The van der Waals surface area contributed by atoms with Crippen molar-refractivity contribution < 1.29 is 4.79 Å². The van der Waals surface area contributed by atoms with Gasteiger partial charge in [0, 0.05) is 25.3 Å². The van der Waals surface area contributed by atoms with Crippen molar-refractivity contribution >= 4 is 5.91 Å². The molecule has 0 spiro atoms. The van der Waals surface area contributed by atoms with E-state index in [1.807, 2.05) is 18.7 Å². The highest BCUT2D eigenvalue weighted by molar-refractivity contribution is 5.95. The van der Waals surface area contributed by atoms with Gasteiger partial charge in [-0.2, -0.15) is 0 Å². The number of rotatable bonds is 2. The lowest BCUT2D eigenvalue weighted by atomic mass is 9.79. The summed E-state index contributed by atoms with van der Waals surface area (Å²) in [5, 5.41) is 0. The van der Waals surface area contributed by atoms with E-state index in [1.165, 1.54) is 6.33 Å². The smallest absolute Gasteiger partial charge is 0.257 e. The second-order valence-corrected chi connectivity index (χ2v) is 6.59. The van der Waals surface area contributed by atoms with Crippen LogP contribution < -0.4 is 5.73 Å². The Labute approximate surface area is 120 Å². The van der Waals surface area contributed by atoms with Gasteiger partial charge >= 0.3 is 0 Å². The summed E-state index contributed by atoms with van der Waals surface area (Å²) < 4.78 is 0. The van der Waals surface area contributed by atoms with Crippen LogP contribution in [0.25, 0.3) is 0 Å². The summed E-state index contributed by atoms with van der Waals surface area (Å²) in [4.78, 5) is 22.9. The summed E-state index contributed by atoms with van der Waals surface area (Å²) in [5.74, 6) is 0.228. The van der Waals surface area contributed by atoms with Crippen molar-refractivity contribution in [3.8, 4) is 0 Å². The van der Waals surface area contributed by atoms with E-state index in [1.54, 1.807) is 6.20 Å². The van der Waals surface area contributed by atoms with Crippen LogP contribution in [-0.4, -0.2) is 39.9 Å². The number of nitrogens with two attached hydrogens (primary N) is 1. The molecule has 2 heterocycles. The molecular weight excluding hydrogens is 252 g/mol. The molecule has 1 aromatic rings. The molecule has 1 atom stereocenters. The van der Waals surface area contributed by atoms with Gasteiger partial charge in [0.1, 0.15) is 6.33 Å². The van der Waals surface area contributed by atoms with Crippen molar-refractivity contribution in [2.24, 2.45) is 11.1 Å². The van der Waals surface area contributed by atoms with Gasteiger partial charge in [0.15, 0.2) is 0 Å². The van der Waals surface area contributed by atoms with E-state index in [9.17, 15) is 4.79 Å². The summed E-state index contributed by atoms with van der Waals surface area (Å²) in [5.41, 5.74) is 7.51. The van der Waals surface area contributed by atoms with Crippen LogP contribution in [0.15, 0.2) is 12.5 Å². The number of hydrogen-bond donors (Lipinski definition) is 1. The molecule has 0 radical (unpaired) electrons. The number of carbonyl (C=O) groups is 1. The molecule has 20 heavy (non-hydrogen) atoms. The van der Waals surface area contributed by atoms with Gasteiger partial charge in [-0.1, -0.05) is 27.7 Å². The molecule has 0 aliphatic carbocycles. The summed E-state index contributed by atoms with van der Waals surface area (Å²) in [6, 6.07) is 0.142. The Kier molecular flexibility index (Phi) is 4.09. The fourth-order valence-corrected chi connectivity index (χ4v) is 2.68. The third kappa shape index (κ3) is 2.82. The maximum absolute atomic E-state index is 12.7. The molecule has 1 saturated heterocycles. The molecule has 1 unspecified atom stereocenters. The first-order chi connectivity index (χ1) is 9.33. The molecular formula is C15H24N4O. The fraction of sp³-hybridized carbons (Fsp3) is 0.667. The van der Waals surface area contributed by atoms with Crippen LogP contribution in [0.3, 0.4) is 0 Å². The van der Waals surface area contributed by atoms with Crippen molar-refractivity contribution in [3.63, 3.8) is 0 Å². The predicted octanol–water partition coefficient (Wildman–Crippen LogP) is 1.80. The van der Waals surface area contributed by atoms with Crippen LogP contribution in [0.1, 0.15) is 56.1 Å². The highest BCUT2D eigenvalue weighted by Gasteiger charge is 2.36. The first-order valence-corrected chi connectivity index (χ1v) is 7.17. The second-order valence-electron chi connectivity index (χ2n) is 6.59. The van der Waals surface area contributed by atoms with E-state index >= 15 is 0 Å². The molecule has 1 aromatic heterocycles. The minimum atomic E-state index is -0.0540. The molecule has 0 saturated carbocycles. The Morgan fingerprint density at radius 1 is 1.50 bits per heavy atom. The quantitative estimate of drug-likeness (QED) is 0.894. The van der Waals surface area contributed by atoms with Gasteiger partial charge in [-0.05, 0) is 17.8 Å². The zero-order valence-electron chi connectivity index (χ0n) is 12.8. The van der Waals surface area contributed by atoms with Gasteiger partial charge in [0.25, 0.3) is 5.91 Å². The van der Waals surface area contributed by atoms with Gasteiger partial charge in [-0.3, -0.25) is 4.79 Å². The highest BCUT2D eigenvalue weighted by atomic mass is 16.2. The van der Waals surface area contributed by atoms with Gasteiger partial charge in [0.05, 0.1) is 11.3 Å². The zero-order chi connectivity index (χ0) is 14.9. The van der Waals surface area contributed by atoms with Crippen molar-refractivity contribution in [1.29, 1.82) is 0 Å². The number of carbonyl (C=O) groups excluding carboxylic acids is 1. The minimum absolute atomic E-state index is 0.0225. The predicted molar refractivity (Wildman–Crippen MR) is 78.4 cm³/mol. The monoisotopic (exact) mass is 276 g/mol. The van der Waals surface area contributed by atoms with E-state index in [-0.39, 0.29) is 23.3 Å². The fourth-order valence-electron chi connectivity index (χ4n) is 2.68. The number of amides is 1. The molecule has 1 fully saturated rings. The van der Waals surface area contributed by atoms with E-state index in [2.05, 4.69) is 23.8 Å². The van der Waals surface area contributed by atoms with E-state index < -0.39 is 0 Å². The highest BCUT2D eigenvalue weighted by Crippen LogP contribution is 2.29. The molecule has 1 amide bonds. The number of hydrogen-bond acceptors (Lipinski definition) is 4. The van der Waals surface area contributed by atoms with Crippen molar-refractivity contribution in [2.45, 2.75) is 46.1 Å². The summed E-state index contributed by atoms with van der Waals surface area (Å²) in [6.45, 7) is 9.68. The Morgan fingerprint density at radius 3 is 2.80 bits per heavy atom. The lowest BCUT2D eigenvalue weighted by Gasteiger charge is -2.42. The minimum Gasteiger partial charge on any atom is -0.338 e. The summed E-state index contributed by atoms with van der Waals surface area (Å²) in [6.07, 6.45) is 3.97. The molecule has 2 rings (SSSR count). The number of aromatic nitrogens is 2. The van der Waals surface area contributed by atoms with Crippen LogP contribution in [0.2, 0.25) is 0 Å². The average molecular weight is 276 g/mol. The van der Waals surface area contributed by atoms with E-state index in [0.29, 0.717) is 18.7 Å². The molecule has 1 aliphatic rings. The van der Waals surface area contributed by atoms with Crippen LogP contribution in [0.5, 0.6) is 0 Å². The average Bonchev–Trinajstić information content (AvgIpc) is 2.41. The molecule has 5 nitrogen and oxygen atoms in total. The van der Waals surface area contributed by atoms with Crippen LogP contribution in [0.4, 0.5) is 0 Å². The summed E-state index contributed by atoms with van der Waals surface area (Å²) in [7, 11) is 0. The van der Waals surface area contributed by atoms with Crippen molar-refractivity contribution in [1.82, 2.24) is 14.9 Å².